The molecular formula is C11H18N2O2S. The molecule has 0 radical (unpaired) electrons. The Kier molecular flexibility index (Phi) is 4.92. The highest BCUT2D eigenvalue weighted by atomic mass is 32.2. The van der Waals surface area contributed by atoms with Gasteiger partial charge in [-0.25, -0.2) is 13.1 Å². The van der Waals surface area contributed by atoms with Crippen LogP contribution in [-0.2, 0) is 10.0 Å². The SMILES string of the molecule is CNCCCNS(=O)(=O)c1ccccc1C. The molecule has 1 aromatic carbocycles. The van der Waals surface area contributed by atoms with Gasteiger partial charge in [-0.2, -0.15) is 0 Å². The van der Waals surface area contributed by atoms with Crippen LogP contribution in [0.2, 0.25) is 0 Å². The molecule has 90 valence electrons. The Morgan fingerprint density at radius 1 is 1.19 bits per heavy atom. The van der Waals surface area contributed by atoms with E-state index in [4.69, 9.17) is 0 Å². The average molecular weight is 242 g/mol. The van der Waals surface area contributed by atoms with E-state index in [0.717, 1.165) is 18.5 Å². The first-order valence-electron chi connectivity index (χ1n) is 5.28. The number of sulfonamides is 1. The van der Waals surface area contributed by atoms with Gasteiger partial charge < -0.3 is 5.32 Å². The van der Waals surface area contributed by atoms with Crippen molar-refractivity contribution in [1.82, 2.24) is 10.0 Å². The second kappa shape index (κ2) is 5.98. The largest absolute Gasteiger partial charge is 0.320 e. The molecule has 0 aliphatic heterocycles. The summed E-state index contributed by atoms with van der Waals surface area (Å²) in [7, 11) is -1.51. The van der Waals surface area contributed by atoms with Crippen molar-refractivity contribution < 1.29 is 8.42 Å². The molecule has 0 aliphatic carbocycles. The van der Waals surface area contributed by atoms with Crippen LogP contribution in [0.25, 0.3) is 0 Å². The summed E-state index contributed by atoms with van der Waals surface area (Å²) in [6.45, 7) is 3.05. The Morgan fingerprint density at radius 2 is 1.88 bits per heavy atom. The fourth-order valence-corrected chi connectivity index (χ4v) is 2.73. The van der Waals surface area contributed by atoms with Gasteiger partial charge in [0.1, 0.15) is 0 Å². The van der Waals surface area contributed by atoms with Gasteiger partial charge in [-0.15, -0.1) is 0 Å². The third-order valence-corrected chi connectivity index (χ3v) is 3.90. The summed E-state index contributed by atoms with van der Waals surface area (Å²) in [5.74, 6) is 0. The van der Waals surface area contributed by atoms with Crippen molar-refractivity contribution in [2.24, 2.45) is 0 Å². The van der Waals surface area contributed by atoms with Crippen LogP contribution in [0.5, 0.6) is 0 Å². The van der Waals surface area contributed by atoms with Gasteiger partial charge in [0.2, 0.25) is 10.0 Å². The van der Waals surface area contributed by atoms with E-state index in [2.05, 4.69) is 10.0 Å². The lowest BCUT2D eigenvalue weighted by molar-refractivity contribution is 0.576. The van der Waals surface area contributed by atoms with Crippen LogP contribution in [0.1, 0.15) is 12.0 Å². The number of aryl methyl sites for hydroxylation is 1. The zero-order valence-corrected chi connectivity index (χ0v) is 10.5. The number of rotatable bonds is 6. The quantitative estimate of drug-likeness (QED) is 0.728. The smallest absolute Gasteiger partial charge is 0.240 e. The molecule has 0 saturated carbocycles. The number of hydrogen-bond donors (Lipinski definition) is 2. The second-order valence-electron chi connectivity index (χ2n) is 3.62. The predicted molar refractivity (Wildman–Crippen MR) is 64.9 cm³/mol. The Labute approximate surface area is 97.1 Å². The van der Waals surface area contributed by atoms with Gasteiger partial charge in [-0.3, -0.25) is 0 Å². The van der Waals surface area contributed by atoms with Gasteiger partial charge in [0.15, 0.2) is 0 Å². The molecule has 5 heteroatoms. The molecule has 1 rings (SSSR count). The molecule has 0 aromatic heterocycles. The van der Waals surface area contributed by atoms with Crippen molar-refractivity contribution in [3.05, 3.63) is 29.8 Å². The summed E-state index contributed by atoms with van der Waals surface area (Å²) in [6.07, 6.45) is 0.779. The van der Waals surface area contributed by atoms with E-state index >= 15 is 0 Å². The molecule has 0 spiro atoms. The molecule has 16 heavy (non-hydrogen) atoms. The molecule has 0 unspecified atom stereocenters. The first kappa shape index (κ1) is 13.2. The predicted octanol–water partition coefficient (Wildman–Crippen LogP) is 0.883. The second-order valence-corrected chi connectivity index (χ2v) is 5.36. The van der Waals surface area contributed by atoms with Crippen molar-refractivity contribution in [3.8, 4) is 0 Å². The van der Waals surface area contributed by atoms with Crippen LogP contribution in [0.3, 0.4) is 0 Å². The molecule has 1 aromatic rings. The third kappa shape index (κ3) is 3.59. The van der Waals surface area contributed by atoms with Crippen molar-refractivity contribution in [2.45, 2.75) is 18.2 Å². The average Bonchev–Trinajstić information content (AvgIpc) is 2.25. The standard InChI is InChI=1S/C11H18N2O2S/c1-10-6-3-4-7-11(10)16(14,15)13-9-5-8-12-2/h3-4,6-7,12-13H,5,8-9H2,1-2H3. The maximum atomic E-state index is 11.9. The molecule has 0 aliphatic rings. The molecule has 0 saturated heterocycles. The molecular weight excluding hydrogens is 224 g/mol. The Bertz CT molecular complexity index is 429. The summed E-state index contributed by atoms with van der Waals surface area (Å²) < 4.78 is 26.4. The number of benzene rings is 1. The van der Waals surface area contributed by atoms with Gasteiger partial charge in [-0.1, -0.05) is 18.2 Å². The third-order valence-electron chi connectivity index (χ3n) is 2.28. The Balaban J connectivity index is 2.68. The monoisotopic (exact) mass is 242 g/mol. The van der Waals surface area contributed by atoms with Gasteiger partial charge >= 0.3 is 0 Å². The van der Waals surface area contributed by atoms with Crippen LogP contribution in [0, 0.1) is 6.92 Å². The van der Waals surface area contributed by atoms with Crippen LogP contribution < -0.4 is 10.0 Å². The van der Waals surface area contributed by atoms with Gasteiger partial charge in [0, 0.05) is 6.54 Å². The molecule has 4 nitrogen and oxygen atoms in total. The van der Waals surface area contributed by atoms with Crippen molar-refractivity contribution in [2.75, 3.05) is 20.1 Å². The van der Waals surface area contributed by atoms with E-state index in [1.54, 1.807) is 25.1 Å². The van der Waals surface area contributed by atoms with E-state index in [-0.39, 0.29) is 0 Å². The Morgan fingerprint density at radius 3 is 2.50 bits per heavy atom. The summed E-state index contributed by atoms with van der Waals surface area (Å²) in [4.78, 5) is 0.361. The summed E-state index contributed by atoms with van der Waals surface area (Å²) >= 11 is 0. The van der Waals surface area contributed by atoms with E-state index < -0.39 is 10.0 Å². The molecule has 0 atom stereocenters. The van der Waals surface area contributed by atoms with Gasteiger partial charge in [0.25, 0.3) is 0 Å². The molecule has 0 heterocycles. The van der Waals surface area contributed by atoms with Crippen LogP contribution >= 0.6 is 0 Å². The normalized spacial score (nSPS) is 11.6. The highest BCUT2D eigenvalue weighted by Crippen LogP contribution is 2.13. The minimum absolute atomic E-state index is 0.361. The number of nitrogens with one attached hydrogen (secondary N) is 2. The van der Waals surface area contributed by atoms with Crippen LogP contribution in [0.15, 0.2) is 29.2 Å². The maximum Gasteiger partial charge on any atom is 0.240 e. The zero-order valence-electron chi connectivity index (χ0n) is 9.66. The lowest BCUT2D eigenvalue weighted by atomic mass is 10.2. The fourth-order valence-electron chi connectivity index (χ4n) is 1.41. The topological polar surface area (TPSA) is 58.2 Å². The van der Waals surface area contributed by atoms with Crippen molar-refractivity contribution in [1.29, 1.82) is 0 Å². The van der Waals surface area contributed by atoms with Gasteiger partial charge in [-0.05, 0) is 38.6 Å². The molecule has 0 fully saturated rings. The van der Waals surface area contributed by atoms with E-state index in [9.17, 15) is 8.42 Å². The molecule has 0 bridgehead atoms. The van der Waals surface area contributed by atoms with E-state index in [1.165, 1.54) is 0 Å². The van der Waals surface area contributed by atoms with Crippen LogP contribution in [0.4, 0.5) is 0 Å². The number of hydrogen-bond acceptors (Lipinski definition) is 3. The minimum Gasteiger partial charge on any atom is -0.320 e. The highest BCUT2D eigenvalue weighted by Gasteiger charge is 2.14. The highest BCUT2D eigenvalue weighted by molar-refractivity contribution is 7.89. The zero-order chi connectivity index (χ0) is 12.0. The van der Waals surface area contributed by atoms with E-state index in [0.29, 0.717) is 11.4 Å². The summed E-state index contributed by atoms with van der Waals surface area (Å²) in [5.41, 5.74) is 0.767. The lowest BCUT2D eigenvalue weighted by Gasteiger charge is -2.08. The van der Waals surface area contributed by atoms with E-state index in [1.807, 2.05) is 13.1 Å². The molecule has 2 N–H and O–H groups in total. The minimum atomic E-state index is -3.35. The van der Waals surface area contributed by atoms with Gasteiger partial charge in [0.05, 0.1) is 4.90 Å². The summed E-state index contributed by atoms with van der Waals surface area (Å²) in [5, 5.41) is 2.97. The van der Waals surface area contributed by atoms with Crippen molar-refractivity contribution in [3.63, 3.8) is 0 Å². The van der Waals surface area contributed by atoms with Crippen LogP contribution in [-0.4, -0.2) is 28.6 Å². The first-order chi connectivity index (χ1) is 7.58. The van der Waals surface area contributed by atoms with Crippen molar-refractivity contribution >= 4 is 10.0 Å². The molecule has 0 amide bonds. The summed E-state index contributed by atoms with van der Waals surface area (Å²) in [6, 6.07) is 6.97. The maximum absolute atomic E-state index is 11.9. The lowest BCUT2D eigenvalue weighted by Crippen LogP contribution is -2.27. The fraction of sp³-hybridized carbons (Fsp3) is 0.455. The Hall–Kier alpha value is -0.910. The first-order valence-corrected chi connectivity index (χ1v) is 6.76.